The molecule has 96 valence electrons. The summed E-state index contributed by atoms with van der Waals surface area (Å²) in [5.41, 5.74) is 9.64. The predicted octanol–water partition coefficient (Wildman–Crippen LogP) is 3.11. The third-order valence-corrected chi connectivity index (χ3v) is 2.92. The van der Waals surface area contributed by atoms with Crippen molar-refractivity contribution >= 4 is 6.01 Å². The Morgan fingerprint density at radius 3 is 2.67 bits per heavy atom. The van der Waals surface area contributed by atoms with E-state index in [-0.39, 0.29) is 6.01 Å². The second-order valence-electron chi connectivity index (χ2n) is 4.34. The minimum absolute atomic E-state index is 0.197. The summed E-state index contributed by atoms with van der Waals surface area (Å²) < 4.78 is 11.0. The number of ether oxygens (including phenoxy) is 1. The number of oxazole rings is 1. The minimum atomic E-state index is 0.197. The number of nitrogen functional groups attached to an aromatic ring is 1. The van der Waals surface area contributed by atoms with E-state index in [0.717, 1.165) is 34.6 Å². The molecular weight excluding hydrogens is 228 g/mol. The van der Waals surface area contributed by atoms with Gasteiger partial charge < -0.3 is 14.9 Å². The molecule has 4 heteroatoms. The summed E-state index contributed by atoms with van der Waals surface area (Å²) in [4.78, 5) is 4.20. The van der Waals surface area contributed by atoms with Gasteiger partial charge in [0, 0.05) is 0 Å². The molecule has 2 N–H and O–H groups in total. The van der Waals surface area contributed by atoms with Gasteiger partial charge in [-0.3, -0.25) is 0 Å². The summed E-state index contributed by atoms with van der Waals surface area (Å²) in [6, 6.07) is 4.31. The van der Waals surface area contributed by atoms with Crippen LogP contribution in [0.1, 0.15) is 23.7 Å². The monoisotopic (exact) mass is 246 g/mol. The van der Waals surface area contributed by atoms with Gasteiger partial charge in [0.2, 0.25) is 0 Å². The number of benzene rings is 1. The quantitative estimate of drug-likeness (QED) is 0.903. The predicted molar refractivity (Wildman–Crippen MR) is 71.8 cm³/mol. The zero-order chi connectivity index (χ0) is 13.3. The number of hydrogen-bond donors (Lipinski definition) is 1. The minimum Gasteiger partial charge on any atom is -0.496 e. The van der Waals surface area contributed by atoms with Crippen LogP contribution in [0.4, 0.5) is 6.01 Å². The van der Waals surface area contributed by atoms with E-state index in [0.29, 0.717) is 5.76 Å². The van der Waals surface area contributed by atoms with E-state index < -0.39 is 0 Å². The summed E-state index contributed by atoms with van der Waals surface area (Å²) in [5.74, 6) is 1.52. The normalized spacial score (nSPS) is 10.7. The van der Waals surface area contributed by atoms with Crippen LogP contribution in [0.3, 0.4) is 0 Å². The summed E-state index contributed by atoms with van der Waals surface area (Å²) in [6.45, 7) is 6.08. The average molecular weight is 246 g/mol. The molecule has 18 heavy (non-hydrogen) atoms. The van der Waals surface area contributed by atoms with E-state index in [1.54, 1.807) is 7.11 Å². The Morgan fingerprint density at radius 2 is 2.06 bits per heavy atom. The molecule has 2 rings (SSSR count). The third-order valence-electron chi connectivity index (χ3n) is 2.92. The molecule has 0 aliphatic heterocycles. The number of rotatable bonds is 3. The number of aryl methyl sites for hydroxylation is 3. The zero-order valence-corrected chi connectivity index (χ0v) is 11.2. The highest BCUT2D eigenvalue weighted by molar-refractivity contribution is 5.71. The Bertz CT molecular complexity index is 573. The van der Waals surface area contributed by atoms with Crippen LogP contribution in [0.2, 0.25) is 0 Å². The van der Waals surface area contributed by atoms with Crippen LogP contribution in [-0.4, -0.2) is 12.1 Å². The Hall–Kier alpha value is -1.97. The fourth-order valence-corrected chi connectivity index (χ4v) is 2.21. The molecular formula is C14H18N2O2. The average Bonchev–Trinajstić information content (AvgIpc) is 2.69. The van der Waals surface area contributed by atoms with E-state index >= 15 is 0 Å². The van der Waals surface area contributed by atoms with Gasteiger partial charge in [-0.05, 0) is 37.5 Å². The molecule has 4 nitrogen and oxygen atoms in total. The van der Waals surface area contributed by atoms with Crippen molar-refractivity contribution in [3.05, 3.63) is 29.0 Å². The van der Waals surface area contributed by atoms with Crippen LogP contribution in [0.25, 0.3) is 11.3 Å². The first-order valence-corrected chi connectivity index (χ1v) is 5.97. The van der Waals surface area contributed by atoms with E-state index in [4.69, 9.17) is 14.9 Å². The van der Waals surface area contributed by atoms with Gasteiger partial charge in [0.05, 0.1) is 18.4 Å². The highest BCUT2D eigenvalue weighted by atomic mass is 16.5. The lowest BCUT2D eigenvalue weighted by molar-refractivity contribution is 0.411. The van der Waals surface area contributed by atoms with Gasteiger partial charge >= 0.3 is 0 Å². The summed E-state index contributed by atoms with van der Waals surface area (Å²) in [7, 11) is 1.66. The first-order valence-electron chi connectivity index (χ1n) is 5.97. The second kappa shape index (κ2) is 4.72. The fraction of sp³-hybridized carbons (Fsp3) is 0.357. The summed E-state index contributed by atoms with van der Waals surface area (Å²) in [5, 5.41) is 0. The van der Waals surface area contributed by atoms with Gasteiger partial charge in [0.15, 0.2) is 5.76 Å². The largest absolute Gasteiger partial charge is 0.496 e. The van der Waals surface area contributed by atoms with Crippen molar-refractivity contribution in [1.29, 1.82) is 0 Å². The molecule has 0 atom stereocenters. The van der Waals surface area contributed by atoms with Crippen molar-refractivity contribution in [1.82, 2.24) is 4.98 Å². The second-order valence-corrected chi connectivity index (χ2v) is 4.34. The highest BCUT2D eigenvalue weighted by Crippen LogP contribution is 2.37. The van der Waals surface area contributed by atoms with Crippen LogP contribution >= 0.6 is 0 Å². The summed E-state index contributed by atoms with van der Waals surface area (Å²) in [6.07, 6.45) is 0.770. The number of nitrogens with two attached hydrogens (primary N) is 1. The van der Waals surface area contributed by atoms with Crippen LogP contribution in [0.15, 0.2) is 16.5 Å². The van der Waals surface area contributed by atoms with Crippen molar-refractivity contribution in [3.8, 4) is 17.1 Å². The van der Waals surface area contributed by atoms with Crippen molar-refractivity contribution in [2.24, 2.45) is 0 Å². The Kier molecular flexibility index (Phi) is 3.28. The van der Waals surface area contributed by atoms with Gasteiger partial charge in [-0.15, -0.1) is 0 Å². The first-order chi connectivity index (χ1) is 8.56. The highest BCUT2D eigenvalue weighted by Gasteiger charge is 2.18. The molecule has 1 aromatic heterocycles. The lowest BCUT2D eigenvalue weighted by Gasteiger charge is -2.11. The van der Waals surface area contributed by atoms with Gasteiger partial charge in [0.25, 0.3) is 6.01 Å². The van der Waals surface area contributed by atoms with Crippen LogP contribution < -0.4 is 10.5 Å². The van der Waals surface area contributed by atoms with E-state index in [9.17, 15) is 0 Å². The molecule has 0 saturated heterocycles. The Balaban J connectivity index is 2.69. The molecule has 0 spiro atoms. The molecule has 2 aromatic rings. The number of nitrogens with zero attached hydrogens (tertiary/aromatic N) is 1. The fourth-order valence-electron chi connectivity index (χ4n) is 2.21. The first kappa shape index (κ1) is 12.5. The Morgan fingerprint density at radius 1 is 1.33 bits per heavy atom. The van der Waals surface area contributed by atoms with Crippen LogP contribution in [0, 0.1) is 13.8 Å². The van der Waals surface area contributed by atoms with Crippen molar-refractivity contribution in [2.45, 2.75) is 27.2 Å². The molecule has 0 fully saturated rings. The van der Waals surface area contributed by atoms with E-state index in [1.807, 2.05) is 26.8 Å². The van der Waals surface area contributed by atoms with E-state index in [2.05, 4.69) is 11.1 Å². The smallest absolute Gasteiger partial charge is 0.292 e. The molecule has 1 aromatic carbocycles. The van der Waals surface area contributed by atoms with Crippen molar-refractivity contribution in [2.75, 3.05) is 12.8 Å². The maximum atomic E-state index is 5.64. The molecule has 0 aliphatic carbocycles. The van der Waals surface area contributed by atoms with Crippen LogP contribution in [0.5, 0.6) is 5.75 Å². The maximum Gasteiger partial charge on any atom is 0.292 e. The molecule has 0 unspecified atom stereocenters. The van der Waals surface area contributed by atoms with Gasteiger partial charge in [-0.2, -0.15) is 4.98 Å². The molecule has 0 radical (unpaired) electrons. The van der Waals surface area contributed by atoms with Crippen molar-refractivity contribution in [3.63, 3.8) is 0 Å². The van der Waals surface area contributed by atoms with Gasteiger partial charge in [-0.1, -0.05) is 13.0 Å². The van der Waals surface area contributed by atoms with Gasteiger partial charge in [-0.25, -0.2) is 0 Å². The van der Waals surface area contributed by atoms with Crippen molar-refractivity contribution < 1.29 is 9.15 Å². The number of hydrogen-bond acceptors (Lipinski definition) is 4. The Labute approximate surface area is 107 Å². The molecule has 1 heterocycles. The van der Waals surface area contributed by atoms with Gasteiger partial charge in [0.1, 0.15) is 5.75 Å². The third kappa shape index (κ3) is 2.06. The van der Waals surface area contributed by atoms with Crippen LogP contribution in [-0.2, 0) is 6.42 Å². The number of methoxy groups -OCH3 is 1. The molecule has 0 bridgehead atoms. The number of anilines is 1. The standard InChI is InChI=1S/C14H18N2O2/c1-5-11-13(18-14(15)16-11)10-7-8(2)6-9(3)12(10)17-4/h6-7H,5H2,1-4H3,(H2,15,16). The SMILES string of the molecule is CCc1nc(N)oc1-c1cc(C)cc(C)c1OC. The maximum absolute atomic E-state index is 5.64. The van der Waals surface area contributed by atoms with E-state index in [1.165, 1.54) is 0 Å². The molecule has 0 amide bonds. The number of aromatic nitrogens is 1. The molecule has 0 aliphatic rings. The zero-order valence-electron chi connectivity index (χ0n) is 11.2. The topological polar surface area (TPSA) is 61.3 Å². The lowest BCUT2D eigenvalue weighted by Crippen LogP contribution is -1.94. The molecule has 0 saturated carbocycles. The summed E-state index contributed by atoms with van der Waals surface area (Å²) >= 11 is 0. The lowest BCUT2D eigenvalue weighted by atomic mass is 10.0.